The van der Waals surface area contributed by atoms with Gasteiger partial charge in [-0.25, -0.2) is 0 Å². The van der Waals surface area contributed by atoms with Crippen molar-refractivity contribution in [3.05, 3.63) is 58.7 Å². The van der Waals surface area contributed by atoms with Gasteiger partial charge in [-0.2, -0.15) is 0 Å². The molecule has 3 nitrogen and oxygen atoms in total. The smallest absolute Gasteiger partial charge is 0.220 e. The monoisotopic (exact) mass is 374 g/mol. The van der Waals surface area contributed by atoms with E-state index in [2.05, 4.69) is 53.7 Å². The molecule has 0 spiro atoms. The summed E-state index contributed by atoms with van der Waals surface area (Å²) in [6, 6.07) is 12.0. The van der Waals surface area contributed by atoms with Crippen LogP contribution < -0.4 is 5.30 Å². The molecule has 0 aliphatic carbocycles. The molecule has 0 saturated heterocycles. The number of phenolic OH excluding ortho intramolecular Hbond substituents is 1. The summed E-state index contributed by atoms with van der Waals surface area (Å²) in [7, 11) is -0.669. The minimum Gasteiger partial charge on any atom is -0.507 e. The van der Waals surface area contributed by atoms with E-state index >= 15 is 0 Å². The molecule has 0 heterocycles. The van der Waals surface area contributed by atoms with Crippen LogP contribution in [0.2, 0.25) is 0 Å². The second-order valence-corrected chi connectivity index (χ2v) is 10.5. The number of benzene rings is 2. The normalized spacial score (nSPS) is 13.7. The Morgan fingerprint density at radius 2 is 1.35 bits per heavy atom. The lowest BCUT2D eigenvalue weighted by Crippen LogP contribution is -2.18. The third-order valence-corrected chi connectivity index (χ3v) is 5.74. The summed E-state index contributed by atoms with van der Waals surface area (Å²) in [5.74, 6) is 0.405. The number of aromatic hydroxyl groups is 1. The number of hydrogen-bond acceptors (Lipinski definition) is 3. The molecule has 2 rings (SSSR count). The topological polar surface area (TPSA) is 46.5 Å². The molecular formula is C22H31O3P. The van der Waals surface area contributed by atoms with Gasteiger partial charge in [0.2, 0.25) is 8.03 Å². The fourth-order valence-electron chi connectivity index (χ4n) is 3.05. The van der Waals surface area contributed by atoms with Gasteiger partial charge in [-0.05, 0) is 51.6 Å². The molecule has 0 aromatic heterocycles. The second-order valence-electron chi connectivity index (χ2n) is 8.90. The highest BCUT2D eigenvalue weighted by Gasteiger charge is 2.26. The van der Waals surface area contributed by atoms with Gasteiger partial charge < -0.3 is 9.63 Å². The maximum atomic E-state index is 11.8. The van der Waals surface area contributed by atoms with Crippen molar-refractivity contribution in [1.82, 2.24) is 0 Å². The fraction of sp³-hybridized carbons (Fsp3) is 0.455. The van der Waals surface area contributed by atoms with E-state index in [1.54, 1.807) is 0 Å². The van der Waals surface area contributed by atoms with Crippen LogP contribution in [-0.4, -0.2) is 12.2 Å². The fourth-order valence-corrected chi connectivity index (χ4v) is 3.73. The van der Waals surface area contributed by atoms with Crippen molar-refractivity contribution in [3.63, 3.8) is 0 Å². The lowest BCUT2D eigenvalue weighted by atomic mass is 9.78. The first kappa shape index (κ1) is 20.7. The summed E-state index contributed by atoms with van der Waals surface area (Å²) in [6.07, 6.45) is 0.765. The number of phenols is 1. The first-order chi connectivity index (χ1) is 11.9. The minimum atomic E-state index is -2.14. The zero-order valence-corrected chi connectivity index (χ0v) is 17.9. The van der Waals surface area contributed by atoms with E-state index in [9.17, 15) is 9.67 Å². The molecule has 1 N–H and O–H groups in total. The Balaban J connectivity index is 2.45. The molecule has 1 atom stereocenters. The van der Waals surface area contributed by atoms with Gasteiger partial charge in [0.15, 0.2) is 0 Å². The molecule has 0 bridgehead atoms. The second kappa shape index (κ2) is 7.58. The van der Waals surface area contributed by atoms with Crippen LogP contribution in [0.5, 0.6) is 5.75 Å². The highest BCUT2D eigenvalue weighted by Crippen LogP contribution is 2.40. The molecule has 0 radical (unpaired) electrons. The third kappa shape index (κ3) is 4.78. The van der Waals surface area contributed by atoms with Gasteiger partial charge >= 0.3 is 0 Å². The Labute approximate surface area is 158 Å². The van der Waals surface area contributed by atoms with Crippen molar-refractivity contribution in [2.24, 2.45) is 0 Å². The first-order valence-electron chi connectivity index (χ1n) is 8.97. The van der Waals surface area contributed by atoms with E-state index in [0.29, 0.717) is 5.75 Å². The molecule has 0 aliphatic rings. The zero-order valence-electron chi connectivity index (χ0n) is 16.9. The summed E-state index contributed by atoms with van der Waals surface area (Å²) in [6.45, 7) is 12.7. The van der Waals surface area contributed by atoms with Gasteiger partial charge in [0.25, 0.3) is 0 Å². The lowest BCUT2D eigenvalue weighted by Gasteiger charge is -2.28. The molecule has 142 valence electrons. The standard InChI is InChI=1S/C22H31O3P/c1-21(2,3)18-13-16(14-19(20(18)23)22(4,5)6)12-15-8-10-17(11-9-15)26(24)25-7/h8-11,13-14,23,26H,12H2,1-7H3. The van der Waals surface area contributed by atoms with Crippen LogP contribution in [0.3, 0.4) is 0 Å². The Kier molecular flexibility index (Phi) is 6.05. The molecular weight excluding hydrogens is 343 g/mol. The van der Waals surface area contributed by atoms with Crippen molar-refractivity contribution >= 4 is 13.3 Å². The predicted octanol–water partition coefficient (Wildman–Crippen LogP) is 5.32. The van der Waals surface area contributed by atoms with E-state index in [4.69, 9.17) is 4.52 Å². The maximum absolute atomic E-state index is 11.8. The Hall–Kier alpha value is -1.57. The maximum Gasteiger partial charge on any atom is 0.220 e. The third-order valence-electron chi connectivity index (χ3n) is 4.57. The first-order valence-corrected chi connectivity index (χ1v) is 10.3. The van der Waals surface area contributed by atoms with Gasteiger partial charge in [0.1, 0.15) is 5.75 Å². The summed E-state index contributed by atoms with van der Waals surface area (Å²) in [5, 5.41) is 11.6. The Bertz CT molecular complexity index is 759. The van der Waals surface area contributed by atoms with Crippen LogP contribution >= 0.6 is 8.03 Å². The van der Waals surface area contributed by atoms with Crippen LogP contribution in [-0.2, 0) is 26.3 Å². The summed E-state index contributed by atoms with van der Waals surface area (Å²) in [4.78, 5) is 0. The van der Waals surface area contributed by atoms with Gasteiger partial charge in [-0.3, -0.25) is 4.57 Å². The van der Waals surface area contributed by atoms with Gasteiger partial charge in [0, 0.05) is 12.4 Å². The van der Waals surface area contributed by atoms with E-state index < -0.39 is 8.03 Å². The van der Waals surface area contributed by atoms with Gasteiger partial charge in [0.05, 0.1) is 0 Å². The molecule has 26 heavy (non-hydrogen) atoms. The average molecular weight is 374 g/mol. The van der Waals surface area contributed by atoms with Crippen LogP contribution in [0.1, 0.15) is 63.8 Å². The average Bonchev–Trinajstić information content (AvgIpc) is 2.54. The van der Waals surface area contributed by atoms with Gasteiger partial charge in [-0.15, -0.1) is 0 Å². The molecule has 2 aromatic rings. The molecule has 0 aliphatic heterocycles. The quantitative estimate of drug-likeness (QED) is 0.736. The molecule has 0 amide bonds. The zero-order chi connectivity index (χ0) is 19.7. The van der Waals surface area contributed by atoms with Crippen molar-refractivity contribution < 1.29 is 14.2 Å². The molecule has 2 aromatic carbocycles. The van der Waals surface area contributed by atoms with Crippen molar-refractivity contribution in [1.29, 1.82) is 0 Å². The van der Waals surface area contributed by atoms with Crippen LogP contribution in [0.15, 0.2) is 36.4 Å². The minimum absolute atomic E-state index is 0.137. The highest BCUT2D eigenvalue weighted by molar-refractivity contribution is 7.48. The highest BCUT2D eigenvalue weighted by atomic mass is 31.1. The summed E-state index contributed by atoms with van der Waals surface area (Å²) in [5.41, 5.74) is 3.99. The van der Waals surface area contributed by atoms with Crippen LogP contribution in [0, 0.1) is 0 Å². The molecule has 4 heteroatoms. The largest absolute Gasteiger partial charge is 0.507 e. The SMILES string of the molecule is CO[PH](=O)c1ccc(Cc2cc(C(C)(C)C)c(O)c(C(C)(C)C)c2)cc1. The van der Waals surface area contributed by atoms with Crippen molar-refractivity contribution in [2.45, 2.75) is 58.8 Å². The van der Waals surface area contributed by atoms with Crippen LogP contribution in [0.25, 0.3) is 0 Å². The molecule has 0 saturated carbocycles. The van der Waals surface area contributed by atoms with E-state index in [1.165, 1.54) is 12.7 Å². The number of hydrogen-bond donors (Lipinski definition) is 1. The van der Waals surface area contributed by atoms with Gasteiger partial charge in [-0.1, -0.05) is 65.8 Å². The van der Waals surface area contributed by atoms with Crippen LogP contribution in [0.4, 0.5) is 0 Å². The van der Waals surface area contributed by atoms with E-state index in [0.717, 1.165) is 28.4 Å². The summed E-state index contributed by atoms with van der Waals surface area (Å²) >= 11 is 0. The molecule has 0 fully saturated rings. The predicted molar refractivity (Wildman–Crippen MR) is 110 cm³/mol. The van der Waals surface area contributed by atoms with E-state index in [1.807, 2.05) is 24.3 Å². The Morgan fingerprint density at radius 3 is 1.73 bits per heavy atom. The lowest BCUT2D eigenvalue weighted by molar-refractivity contribution is 0.422. The van der Waals surface area contributed by atoms with Crippen molar-refractivity contribution in [3.8, 4) is 5.75 Å². The number of rotatable bonds is 4. The molecule has 1 unspecified atom stereocenters. The van der Waals surface area contributed by atoms with E-state index in [-0.39, 0.29) is 10.8 Å². The Morgan fingerprint density at radius 1 is 0.885 bits per heavy atom. The summed E-state index contributed by atoms with van der Waals surface area (Å²) < 4.78 is 16.7. The van der Waals surface area contributed by atoms with Crippen molar-refractivity contribution in [2.75, 3.05) is 7.11 Å².